The highest BCUT2D eigenvalue weighted by atomic mass is 16.2. The summed E-state index contributed by atoms with van der Waals surface area (Å²) in [4.78, 5) is 20.4. The van der Waals surface area contributed by atoms with E-state index < -0.39 is 0 Å². The predicted molar refractivity (Wildman–Crippen MR) is 113 cm³/mol. The highest BCUT2D eigenvalue weighted by molar-refractivity contribution is 5.79. The molecule has 27 heavy (non-hydrogen) atoms. The van der Waals surface area contributed by atoms with Crippen molar-refractivity contribution in [1.29, 1.82) is 0 Å². The van der Waals surface area contributed by atoms with Crippen molar-refractivity contribution in [3.05, 3.63) is 0 Å². The average Bonchev–Trinajstić information content (AvgIpc) is 2.68. The lowest BCUT2D eigenvalue weighted by molar-refractivity contribution is -0.138. The average molecular weight is 378 g/mol. The number of carbonyl (C=O) groups excluding carboxylic acids is 1. The third-order valence-corrected chi connectivity index (χ3v) is 7.64. The number of amides is 1. The van der Waals surface area contributed by atoms with Gasteiger partial charge in [-0.1, -0.05) is 13.8 Å². The Morgan fingerprint density at radius 1 is 0.815 bits per heavy atom. The molecule has 0 aromatic rings. The molecule has 0 spiro atoms. The normalized spacial score (nSPS) is 29.6. The summed E-state index contributed by atoms with van der Waals surface area (Å²) in [5.41, 5.74) is 0. The van der Waals surface area contributed by atoms with E-state index >= 15 is 0 Å². The predicted octanol–water partition coefficient (Wildman–Crippen LogP) is 3.71. The van der Waals surface area contributed by atoms with E-state index in [2.05, 4.69) is 42.4 Å². The van der Waals surface area contributed by atoms with Gasteiger partial charge in [0, 0.05) is 57.8 Å². The molecule has 0 bridgehead atoms. The van der Waals surface area contributed by atoms with Crippen LogP contribution in [-0.2, 0) is 4.79 Å². The monoisotopic (exact) mass is 377 g/mol. The maximum absolute atomic E-state index is 12.9. The Morgan fingerprint density at radius 2 is 1.41 bits per heavy atom. The van der Waals surface area contributed by atoms with E-state index in [4.69, 9.17) is 0 Å². The Labute approximate surface area is 167 Å². The third-order valence-electron chi connectivity index (χ3n) is 7.64. The highest BCUT2D eigenvalue weighted by Crippen LogP contribution is 2.34. The fraction of sp³-hybridized carbons (Fsp3) is 0.957. The molecule has 4 heteroatoms. The van der Waals surface area contributed by atoms with Gasteiger partial charge in [0.15, 0.2) is 0 Å². The van der Waals surface area contributed by atoms with Crippen LogP contribution >= 0.6 is 0 Å². The summed E-state index contributed by atoms with van der Waals surface area (Å²) in [7, 11) is 0. The van der Waals surface area contributed by atoms with E-state index in [9.17, 15) is 4.79 Å². The van der Waals surface area contributed by atoms with E-state index in [1.54, 1.807) is 0 Å². The van der Waals surface area contributed by atoms with Crippen LogP contribution in [0, 0.1) is 23.7 Å². The van der Waals surface area contributed by atoms with Crippen LogP contribution in [0.3, 0.4) is 0 Å². The molecule has 0 radical (unpaired) electrons. The second kappa shape index (κ2) is 9.73. The Kier molecular flexibility index (Phi) is 7.61. The lowest BCUT2D eigenvalue weighted by atomic mass is 9.76. The van der Waals surface area contributed by atoms with Crippen molar-refractivity contribution in [3.63, 3.8) is 0 Å². The minimum Gasteiger partial charge on any atom is -0.342 e. The van der Waals surface area contributed by atoms with Gasteiger partial charge in [-0.3, -0.25) is 9.69 Å². The van der Waals surface area contributed by atoms with Gasteiger partial charge in [0.25, 0.3) is 0 Å². The van der Waals surface area contributed by atoms with Crippen LogP contribution in [0.5, 0.6) is 0 Å². The van der Waals surface area contributed by atoms with E-state index in [1.165, 1.54) is 58.4 Å². The number of hydrogen-bond donors (Lipinski definition) is 0. The number of rotatable bonds is 5. The molecule has 1 amide bonds. The Hall–Kier alpha value is -0.610. The van der Waals surface area contributed by atoms with E-state index in [0.717, 1.165) is 43.7 Å². The van der Waals surface area contributed by atoms with E-state index in [0.29, 0.717) is 17.9 Å². The molecule has 0 unspecified atom stereocenters. The van der Waals surface area contributed by atoms with Gasteiger partial charge in [-0.2, -0.15) is 0 Å². The molecule has 3 fully saturated rings. The van der Waals surface area contributed by atoms with Gasteiger partial charge >= 0.3 is 0 Å². The van der Waals surface area contributed by atoms with Crippen LogP contribution in [0.25, 0.3) is 0 Å². The van der Waals surface area contributed by atoms with Crippen molar-refractivity contribution in [2.24, 2.45) is 23.7 Å². The molecule has 0 N–H and O–H groups in total. The summed E-state index contributed by atoms with van der Waals surface area (Å²) in [6.45, 7) is 17.4. The van der Waals surface area contributed by atoms with Gasteiger partial charge in [0.2, 0.25) is 5.91 Å². The molecule has 2 heterocycles. The van der Waals surface area contributed by atoms with Crippen molar-refractivity contribution in [2.45, 2.75) is 72.3 Å². The van der Waals surface area contributed by atoms with Crippen LogP contribution in [0.1, 0.15) is 66.2 Å². The summed E-state index contributed by atoms with van der Waals surface area (Å²) >= 11 is 0. The van der Waals surface area contributed by atoms with Gasteiger partial charge in [0.1, 0.15) is 0 Å². The van der Waals surface area contributed by atoms with Crippen LogP contribution < -0.4 is 0 Å². The molecule has 0 aromatic heterocycles. The molecule has 1 aliphatic carbocycles. The lowest BCUT2D eigenvalue weighted by Gasteiger charge is -2.41. The topological polar surface area (TPSA) is 26.8 Å². The summed E-state index contributed by atoms with van der Waals surface area (Å²) in [6, 6.07) is 0.678. The molecule has 4 nitrogen and oxygen atoms in total. The van der Waals surface area contributed by atoms with Crippen LogP contribution in [-0.4, -0.2) is 72.5 Å². The maximum Gasteiger partial charge on any atom is 0.225 e. The van der Waals surface area contributed by atoms with Crippen molar-refractivity contribution >= 4 is 5.91 Å². The summed E-state index contributed by atoms with van der Waals surface area (Å²) < 4.78 is 0. The zero-order valence-corrected chi connectivity index (χ0v) is 18.3. The molecular formula is C23H43N3O. The van der Waals surface area contributed by atoms with Crippen molar-refractivity contribution < 1.29 is 4.79 Å². The van der Waals surface area contributed by atoms with Crippen molar-refractivity contribution in [3.8, 4) is 0 Å². The number of likely N-dealkylation sites (tertiary alicyclic amines) is 1. The van der Waals surface area contributed by atoms with Crippen molar-refractivity contribution in [1.82, 2.24) is 14.7 Å². The zero-order valence-electron chi connectivity index (χ0n) is 18.3. The minimum absolute atomic E-state index is 0.320. The number of nitrogens with zero attached hydrogens (tertiary/aromatic N) is 3. The molecule has 2 aliphatic heterocycles. The number of hydrogen-bond acceptors (Lipinski definition) is 3. The number of piperazine rings is 1. The fourth-order valence-electron chi connectivity index (χ4n) is 5.45. The molecule has 0 atom stereocenters. The third kappa shape index (κ3) is 5.69. The standard InChI is InChI=1S/C23H43N3O/c1-18(2)21-5-7-22(8-6-21)23(27)26-11-9-20(10-12-26)17-24-13-15-25(16-14-24)19(3)4/h18-22H,5-17H2,1-4H3. The molecular weight excluding hydrogens is 334 g/mol. The molecule has 0 aromatic carbocycles. The summed E-state index contributed by atoms with van der Waals surface area (Å²) in [5, 5.41) is 0. The lowest BCUT2D eigenvalue weighted by Crippen LogP contribution is -2.51. The Bertz CT molecular complexity index is 454. The fourth-order valence-corrected chi connectivity index (χ4v) is 5.45. The van der Waals surface area contributed by atoms with Crippen LogP contribution in [0.4, 0.5) is 0 Å². The highest BCUT2D eigenvalue weighted by Gasteiger charge is 2.32. The molecule has 2 saturated heterocycles. The quantitative estimate of drug-likeness (QED) is 0.731. The smallest absolute Gasteiger partial charge is 0.225 e. The molecule has 156 valence electrons. The van der Waals surface area contributed by atoms with Gasteiger partial charge in [-0.05, 0) is 70.1 Å². The second-order valence-corrected chi connectivity index (χ2v) is 10.1. The van der Waals surface area contributed by atoms with Gasteiger partial charge in [-0.15, -0.1) is 0 Å². The van der Waals surface area contributed by atoms with Gasteiger partial charge in [0.05, 0.1) is 0 Å². The summed E-state index contributed by atoms with van der Waals surface area (Å²) in [6.07, 6.45) is 7.18. The summed E-state index contributed by atoms with van der Waals surface area (Å²) in [5.74, 6) is 3.20. The number of carbonyl (C=O) groups is 1. The molecule has 3 aliphatic rings. The molecule has 1 saturated carbocycles. The van der Waals surface area contributed by atoms with Gasteiger partial charge < -0.3 is 9.80 Å². The van der Waals surface area contributed by atoms with E-state index in [-0.39, 0.29) is 0 Å². The Morgan fingerprint density at radius 3 is 1.93 bits per heavy atom. The maximum atomic E-state index is 12.9. The largest absolute Gasteiger partial charge is 0.342 e. The van der Waals surface area contributed by atoms with E-state index in [1.807, 2.05) is 0 Å². The SMILES string of the molecule is CC(C)C1CCC(C(=O)N2CCC(CN3CCN(C(C)C)CC3)CC2)CC1. The van der Waals surface area contributed by atoms with Crippen LogP contribution in [0.2, 0.25) is 0 Å². The Balaban J connectivity index is 1.36. The molecule has 3 rings (SSSR count). The first-order valence-electron chi connectivity index (χ1n) is 11.7. The number of piperidine rings is 1. The first-order valence-corrected chi connectivity index (χ1v) is 11.7. The second-order valence-electron chi connectivity index (χ2n) is 10.1. The minimum atomic E-state index is 0.320. The zero-order chi connectivity index (χ0) is 19.4. The first-order chi connectivity index (χ1) is 12.9. The first kappa shape index (κ1) is 21.1. The van der Waals surface area contributed by atoms with Gasteiger partial charge in [-0.25, -0.2) is 0 Å². The van der Waals surface area contributed by atoms with Crippen LogP contribution in [0.15, 0.2) is 0 Å². The van der Waals surface area contributed by atoms with Crippen molar-refractivity contribution in [2.75, 3.05) is 45.8 Å².